The summed E-state index contributed by atoms with van der Waals surface area (Å²) in [5, 5.41) is 0. The first-order valence-electron chi connectivity index (χ1n) is 5.15. The Kier molecular flexibility index (Phi) is 2.01. The van der Waals surface area contributed by atoms with Crippen molar-refractivity contribution < 1.29 is 18.8 Å². The van der Waals surface area contributed by atoms with E-state index in [9.17, 15) is 9.59 Å². The minimum Gasteiger partial charge on any atom is -0.414 e. The number of amides is 1. The molecular weight excluding hydrogens is 194 g/mol. The number of carbonyl (C=O) groups excluding carboxylic acids is 2. The molecule has 0 N–H and O–H groups in total. The number of hydrogen-bond donors (Lipinski definition) is 0. The maximum atomic E-state index is 11.9. The molecule has 0 unspecified atom stereocenters. The lowest BCUT2D eigenvalue weighted by Gasteiger charge is -2.27. The molecule has 1 amide bonds. The van der Waals surface area contributed by atoms with Gasteiger partial charge in [-0.1, -0.05) is 0 Å². The average Bonchev–Trinajstić information content (AvgIpc) is 2.58. The Morgan fingerprint density at radius 2 is 2.20 bits per heavy atom. The average molecular weight is 210 g/mol. The van der Waals surface area contributed by atoms with E-state index in [-0.39, 0.29) is 28.8 Å². The summed E-state index contributed by atoms with van der Waals surface area (Å²) in [5.74, 6) is 0.0703. The summed E-state index contributed by atoms with van der Waals surface area (Å²) in [7, 11) is 0. The molecule has 0 aromatic heterocycles. The molecule has 2 aliphatic rings. The van der Waals surface area contributed by atoms with E-state index >= 15 is 0 Å². The van der Waals surface area contributed by atoms with Crippen LogP contribution < -0.4 is 0 Å². The first kappa shape index (κ1) is 10.4. The summed E-state index contributed by atoms with van der Waals surface area (Å²) in [4.78, 5) is 23.4. The van der Waals surface area contributed by atoms with Crippen molar-refractivity contribution in [2.75, 3.05) is 13.1 Å². The smallest absolute Gasteiger partial charge is 0.414 e. The van der Waals surface area contributed by atoms with E-state index in [2.05, 4.69) is 0 Å². The molecular formula is C11H16NO3+. The zero-order valence-corrected chi connectivity index (χ0v) is 9.32. The molecule has 1 saturated heterocycles. The summed E-state index contributed by atoms with van der Waals surface area (Å²) in [5.41, 5.74) is -0.498. The van der Waals surface area contributed by atoms with Gasteiger partial charge in [-0.15, -0.1) is 0 Å². The van der Waals surface area contributed by atoms with Crippen molar-refractivity contribution in [2.24, 2.45) is 5.92 Å². The van der Waals surface area contributed by atoms with Crippen LogP contribution in [-0.2, 0) is 9.53 Å². The molecule has 0 radical (unpaired) electrons. The van der Waals surface area contributed by atoms with Crippen molar-refractivity contribution in [3.8, 4) is 0 Å². The standard InChI is InChI=1S/C11H16NO3/c1-11(2,3)15-10(14)12-5-4-8(6-12)9(13)7-12/h4-5,8H,6-7H2,1-3H3/q+1/t8-,12+/m1/s1. The van der Waals surface area contributed by atoms with Gasteiger partial charge in [0.15, 0.2) is 6.54 Å². The molecule has 0 aliphatic carbocycles. The van der Waals surface area contributed by atoms with E-state index in [1.54, 1.807) is 6.20 Å². The Labute approximate surface area is 89.1 Å². The third-order valence-corrected chi connectivity index (χ3v) is 2.73. The first-order chi connectivity index (χ1) is 6.82. The monoisotopic (exact) mass is 210 g/mol. The predicted molar refractivity (Wildman–Crippen MR) is 53.9 cm³/mol. The van der Waals surface area contributed by atoms with E-state index in [0.717, 1.165) is 0 Å². The van der Waals surface area contributed by atoms with Gasteiger partial charge in [-0.05, 0) is 26.8 Å². The highest BCUT2D eigenvalue weighted by Crippen LogP contribution is 2.32. The van der Waals surface area contributed by atoms with Gasteiger partial charge < -0.3 is 4.74 Å². The van der Waals surface area contributed by atoms with Crippen LogP contribution in [0.3, 0.4) is 0 Å². The zero-order chi connectivity index (χ0) is 11.3. The third kappa shape index (κ3) is 1.69. The fraction of sp³-hybridized carbons (Fsp3) is 0.636. The summed E-state index contributed by atoms with van der Waals surface area (Å²) in [6.07, 6.45) is 3.29. The fourth-order valence-electron chi connectivity index (χ4n) is 2.02. The third-order valence-electron chi connectivity index (χ3n) is 2.73. The predicted octanol–water partition coefficient (Wildman–Crippen LogP) is 1.46. The number of hydrogen-bond acceptors (Lipinski definition) is 3. The first-order valence-corrected chi connectivity index (χ1v) is 5.15. The molecule has 4 heteroatoms. The molecule has 0 aromatic carbocycles. The van der Waals surface area contributed by atoms with Crippen LogP contribution in [0.5, 0.6) is 0 Å². The van der Waals surface area contributed by atoms with Crippen LogP contribution in [0, 0.1) is 5.92 Å². The minimum atomic E-state index is -0.498. The van der Waals surface area contributed by atoms with Crippen LogP contribution in [0.25, 0.3) is 0 Å². The van der Waals surface area contributed by atoms with Gasteiger partial charge >= 0.3 is 6.09 Å². The molecule has 1 fully saturated rings. The molecule has 2 atom stereocenters. The highest BCUT2D eigenvalue weighted by atomic mass is 16.6. The van der Waals surface area contributed by atoms with Gasteiger partial charge in [-0.25, -0.2) is 0 Å². The Balaban J connectivity index is 2.15. The lowest BCUT2D eigenvalue weighted by atomic mass is 10.1. The molecule has 0 spiro atoms. The minimum absolute atomic E-state index is 0.0563. The Hall–Kier alpha value is -1.16. The number of Topliss-reactive ketones (excluding diaryl/α,β-unsaturated/α-hetero) is 1. The quantitative estimate of drug-likeness (QED) is 0.568. The molecule has 2 heterocycles. The van der Waals surface area contributed by atoms with Crippen LogP contribution in [-0.4, -0.2) is 35.1 Å². The topological polar surface area (TPSA) is 43.4 Å². The molecule has 2 rings (SSSR count). The summed E-state index contributed by atoms with van der Waals surface area (Å²) in [6, 6.07) is 0. The summed E-state index contributed by atoms with van der Waals surface area (Å²) in [6.45, 7) is 6.30. The van der Waals surface area contributed by atoms with Crippen LogP contribution >= 0.6 is 0 Å². The number of rotatable bonds is 0. The number of quaternary nitrogens is 1. The second kappa shape index (κ2) is 2.92. The van der Waals surface area contributed by atoms with Crippen molar-refractivity contribution in [3.63, 3.8) is 0 Å². The van der Waals surface area contributed by atoms with Gasteiger partial charge in [0.05, 0.1) is 5.92 Å². The van der Waals surface area contributed by atoms with Gasteiger partial charge in [-0.3, -0.25) is 4.79 Å². The van der Waals surface area contributed by atoms with E-state index in [0.29, 0.717) is 6.54 Å². The second-order valence-corrected chi connectivity index (χ2v) is 5.27. The van der Waals surface area contributed by atoms with E-state index < -0.39 is 5.60 Å². The van der Waals surface area contributed by atoms with E-state index in [4.69, 9.17) is 4.74 Å². The maximum Gasteiger partial charge on any atom is 0.521 e. The van der Waals surface area contributed by atoms with Gasteiger partial charge in [0.1, 0.15) is 18.3 Å². The number of carbonyl (C=O) groups is 2. The number of ether oxygens (including phenoxy) is 1. The highest BCUT2D eigenvalue weighted by molar-refractivity contribution is 5.88. The van der Waals surface area contributed by atoms with E-state index in [1.807, 2.05) is 26.8 Å². The van der Waals surface area contributed by atoms with Crippen LogP contribution in [0.1, 0.15) is 20.8 Å². The van der Waals surface area contributed by atoms with Gasteiger partial charge in [0, 0.05) is 0 Å². The number of ketones is 1. The van der Waals surface area contributed by atoms with Crippen LogP contribution in [0.2, 0.25) is 0 Å². The normalized spacial score (nSPS) is 33.5. The van der Waals surface area contributed by atoms with Crippen molar-refractivity contribution in [3.05, 3.63) is 12.3 Å². The maximum absolute atomic E-state index is 11.9. The Morgan fingerprint density at radius 1 is 1.53 bits per heavy atom. The lowest BCUT2D eigenvalue weighted by molar-refractivity contribution is -0.786. The molecule has 0 aromatic rings. The van der Waals surface area contributed by atoms with Crippen LogP contribution in [0.15, 0.2) is 12.3 Å². The van der Waals surface area contributed by atoms with Gasteiger partial charge in [-0.2, -0.15) is 9.28 Å². The largest absolute Gasteiger partial charge is 0.521 e. The molecule has 82 valence electrons. The Bertz CT molecular complexity index is 353. The summed E-state index contributed by atoms with van der Waals surface area (Å²) >= 11 is 0. The van der Waals surface area contributed by atoms with Crippen LogP contribution in [0.4, 0.5) is 4.79 Å². The summed E-state index contributed by atoms with van der Waals surface area (Å²) < 4.78 is 5.38. The fourth-order valence-corrected chi connectivity index (χ4v) is 2.02. The molecule has 15 heavy (non-hydrogen) atoms. The molecule has 2 aliphatic heterocycles. The molecule has 4 nitrogen and oxygen atoms in total. The zero-order valence-electron chi connectivity index (χ0n) is 9.32. The second-order valence-electron chi connectivity index (χ2n) is 5.27. The van der Waals surface area contributed by atoms with Gasteiger partial charge in [0.2, 0.25) is 5.78 Å². The SMILES string of the molecule is CC(C)(C)OC(=O)[N@@+]12C=C[C@H](C1)C(=O)C2. The number of nitrogens with zero attached hydrogens (tertiary/aromatic N) is 1. The van der Waals surface area contributed by atoms with E-state index in [1.165, 1.54) is 0 Å². The highest BCUT2D eigenvalue weighted by Gasteiger charge is 2.54. The van der Waals surface area contributed by atoms with Crippen molar-refractivity contribution in [1.29, 1.82) is 0 Å². The molecule has 2 bridgehead atoms. The molecule has 0 saturated carbocycles. The number of fused-ring (bicyclic) bond motifs is 2. The van der Waals surface area contributed by atoms with Crippen molar-refractivity contribution in [1.82, 2.24) is 0 Å². The Morgan fingerprint density at radius 3 is 2.60 bits per heavy atom. The van der Waals surface area contributed by atoms with Crippen molar-refractivity contribution >= 4 is 11.9 Å². The lowest BCUT2D eigenvalue weighted by Crippen LogP contribution is -2.48. The van der Waals surface area contributed by atoms with Crippen molar-refractivity contribution in [2.45, 2.75) is 26.4 Å². The van der Waals surface area contributed by atoms with Gasteiger partial charge in [0.25, 0.3) is 0 Å².